The van der Waals surface area contributed by atoms with E-state index in [0.29, 0.717) is 29.8 Å². The van der Waals surface area contributed by atoms with E-state index in [1.807, 2.05) is 18.2 Å². The molecule has 2 unspecified atom stereocenters. The molecule has 10 nitrogen and oxygen atoms in total. The standard InChI is InChI=1S/C29H34N4O6/c30-33-23-15-8-7-10-20(23)18-24(29(37)39-26-16-9-17-31(26)27(35)28(33)36)32(21-11-3-1-4-12-21)25(34)19-38-22-13-5-2-6-14-22/h2,5-8,10,13-15,21,24,26H,1,3-4,9,11-12,16-19,30H2. The van der Waals surface area contributed by atoms with Crippen LogP contribution in [0.25, 0.3) is 0 Å². The Bertz CT molecular complexity index is 1220. The number of anilines is 1. The van der Waals surface area contributed by atoms with Crippen LogP contribution in [-0.2, 0) is 30.3 Å². The van der Waals surface area contributed by atoms with Crippen LogP contribution in [0.15, 0.2) is 54.6 Å². The lowest BCUT2D eigenvalue weighted by molar-refractivity contribution is -0.172. The third-order valence-electron chi connectivity index (χ3n) is 7.75. The normalized spacial score (nSPS) is 22.4. The molecular formula is C29H34N4O6. The average Bonchev–Trinajstić information content (AvgIpc) is 3.43. The number of ether oxygens (including phenoxy) is 2. The van der Waals surface area contributed by atoms with Crippen molar-refractivity contribution in [2.24, 2.45) is 5.84 Å². The van der Waals surface area contributed by atoms with Gasteiger partial charge in [0, 0.05) is 25.4 Å². The van der Waals surface area contributed by atoms with Gasteiger partial charge in [0.15, 0.2) is 12.8 Å². The third kappa shape index (κ3) is 5.75. The quantitative estimate of drug-likeness (QED) is 0.271. The minimum absolute atomic E-state index is 0.0739. The predicted molar refractivity (Wildman–Crippen MR) is 142 cm³/mol. The lowest BCUT2D eigenvalue weighted by Crippen LogP contribution is -2.55. The summed E-state index contributed by atoms with van der Waals surface area (Å²) in [5.74, 6) is 4.09. The first-order valence-corrected chi connectivity index (χ1v) is 13.6. The van der Waals surface area contributed by atoms with Crippen LogP contribution in [0, 0.1) is 0 Å². The van der Waals surface area contributed by atoms with E-state index in [1.165, 1.54) is 4.90 Å². The monoisotopic (exact) mass is 534 g/mol. The Morgan fingerprint density at radius 3 is 2.41 bits per heavy atom. The number of para-hydroxylation sites is 2. The Hall–Kier alpha value is -3.92. The Kier molecular flexibility index (Phi) is 8.11. The molecule has 2 aromatic rings. The SMILES string of the molecule is NN1C(=O)C(=O)N2CCCC2OC(=O)C(N(C(=O)COc2ccccc2)C2CCCCC2)Cc2ccccc21. The lowest BCUT2D eigenvalue weighted by atomic mass is 9.91. The van der Waals surface area contributed by atoms with Crippen molar-refractivity contribution in [3.05, 3.63) is 60.2 Å². The topological polar surface area (TPSA) is 122 Å². The molecule has 2 atom stereocenters. The van der Waals surface area contributed by atoms with E-state index in [0.717, 1.165) is 37.1 Å². The van der Waals surface area contributed by atoms with Gasteiger partial charge in [0.25, 0.3) is 5.91 Å². The van der Waals surface area contributed by atoms with Crippen LogP contribution in [0.5, 0.6) is 5.75 Å². The third-order valence-corrected chi connectivity index (χ3v) is 7.75. The van der Waals surface area contributed by atoms with E-state index in [2.05, 4.69) is 0 Å². The van der Waals surface area contributed by atoms with Crippen LogP contribution in [0.2, 0.25) is 0 Å². The largest absolute Gasteiger partial charge is 0.484 e. The van der Waals surface area contributed by atoms with E-state index in [-0.39, 0.29) is 31.5 Å². The molecule has 1 aliphatic carbocycles. The number of nitrogens with two attached hydrogens (primary N) is 1. The summed E-state index contributed by atoms with van der Waals surface area (Å²) in [6.45, 7) is 0.0420. The molecule has 0 bridgehead atoms. The van der Waals surface area contributed by atoms with Gasteiger partial charge >= 0.3 is 17.8 Å². The fourth-order valence-corrected chi connectivity index (χ4v) is 5.79. The number of hydrazine groups is 1. The highest BCUT2D eigenvalue weighted by molar-refractivity contribution is 6.40. The first-order chi connectivity index (χ1) is 18.9. The number of amides is 3. The van der Waals surface area contributed by atoms with Gasteiger partial charge in [-0.2, -0.15) is 0 Å². The zero-order valence-corrected chi connectivity index (χ0v) is 21.9. The van der Waals surface area contributed by atoms with Crippen molar-refractivity contribution in [3.63, 3.8) is 0 Å². The molecule has 3 amide bonds. The number of fused-ring (bicyclic) bond motifs is 2. The number of carbonyl (C=O) groups excluding carboxylic acids is 4. The lowest BCUT2D eigenvalue weighted by Gasteiger charge is -2.39. The Labute approximate surface area is 227 Å². The fourth-order valence-electron chi connectivity index (χ4n) is 5.79. The van der Waals surface area contributed by atoms with Gasteiger partial charge in [-0.15, -0.1) is 0 Å². The number of hydrogen-bond donors (Lipinski definition) is 1. The van der Waals surface area contributed by atoms with Crippen molar-refractivity contribution >= 4 is 29.4 Å². The van der Waals surface area contributed by atoms with Gasteiger partial charge in [-0.25, -0.2) is 15.6 Å². The number of nitrogens with zero attached hydrogens (tertiary/aromatic N) is 3. The molecular weight excluding hydrogens is 500 g/mol. The van der Waals surface area contributed by atoms with Gasteiger partial charge in [0.2, 0.25) is 0 Å². The molecule has 0 aromatic heterocycles. The summed E-state index contributed by atoms with van der Waals surface area (Å²) >= 11 is 0. The Morgan fingerprint density at radius 1 is 0.923 bits per heavy atom. The zero-order chi connectivity index (χ0) is 27.4. The summed E-state index contributed by atoms with van der Waals surface area (Å²) in [6.07, 6.45) is 4.66. The first-order valence-electron chi connectivity index (χ1n) is 13.6. The summed E-state index contributed by atoms with van der Waals surface area (Å²) in [5, 5.41) is 0.838. The average molecular weight is 535 g/mol. The maximum absolute atomic E-state index is 13.9. The van der Waals surface area contributed by atoms with Crippen LogP contribution in [0.1, 0.15) is 50.5 Å². The van der Waals surface area contributed by atoms with Gasteiger partial charge < -0.3 is 14.4 Å². The minimum Gasteiger partial charge on any atom is -0.484 e. The molecule has 1 saturated carbocycles. The number of rotatable bonds is 5. The highest BCUT2D eigenvalue weighted by Gasteiger charge is 2.43. The summed E-state index contributed by atoms with van der Waals surface area (Å²) < 4.78 is 11.7. The summed E-state index contributed by atoms with van der Waals surface area (Å²) in [5.41, 5.74) is 0.866. The maximum Gasteiger partial charge on any atom is 0.331 e. The maximum atomic E-state index is 13.9. The van der Waals surface area contributed by atoms with Gasteiger partial charge in [0.05, 0.1) is 5.69 Å². The highest BCUT2D eigenvalue weighted by atomic mass is 16.6. The van der Waals surface area contributed by atoms with Crippen molar-refractivity contribution in [1.29, 1.82) is 0 Å². The molecule has 5 rings (SSSR count). The second-order valence-corrected chi connectivity index (χ2v) is 10.3. The Balaban J connectivity index is 1.53. The van der Waals surface area contributed by atoms with Crippen molar-refractivity contribution < 1.29 is 28.7 Å². The molecule has 0 spiro atoms. The number of hydrogen-bond acceptors (Lipinski definition) is 7. The van der Waals surface area contributed by atoms with Crippen LogP contribution in [0.3, 0.4) is 0 Å². The van der Waals surface area contributed by atoms with Gasteiger partial charge in [-0.1, -0.05) is 55.7 Å². The summed E-state index contributed by atoms with van der Waals surface area (Å²) in [7, 11) is 0. The molecule has 1 saturated heterocycles. The summed E-state index contributed by atoms with van der Waals surface area (Å²) in [4.78, 5) is 56.7. The van der Waals surface area contributed by atoms with E-state index < -0.39 is 30.1 Å². The molecule has 2 heterocycles. The molecule has 2 aromatic carbocycles. The molecule has 2 N–H and O–H groups in total. The summed E-state index contributed by atoms with van der Waals surface area (Å²) in [6, 6.07) is 14.8. The molecule has 39 heavy (non-hydrogen) atoms. The van der Waals surface area contributed by atoms with Crippen LogP contribution in [-0.4, -0.2) is 65.0 Å². The van der Waals surface area contributed by atoms with Crippen molar-refractivity contribution in [2.45, 2.75) is 69.7 Å². The predicted octanol–water partition coefficient (Wildman–Crippen LogP) is 2.55. The number of benzene rings is 2. The highest BCUT2D eigenvalue weighted by Crippen LogP contribution is 2.31. The first kappa shape index (κ1) is 26.7. The molecule has 0 radical (unpaired) electrons. The molecule has 10 heteroatoms. The molecule has 2 aliphatic heterocycles. The van der Waals surface area contributed by atoms with Crippen molar-refractivity contribution in [2.75, 3.05) is 18.2 Å². The van der Waals surface area contributed by atoms with Crippen LogP contribution < -0.4 is 15.6 Å². The molecule has 3 aliphatic rings. The van der Waals surface area contributed by atoms with Crippen LogP contribution >= 0.6 is 0 Å². The smallest absolute Gasteiger partial charge is 0.331 e. The second kappa shape index (κ2) is 11.9. The Morgan fingerprint density at radius 2 is 1.64 bits per heavy atom. The number of esters is 1. The minimum atomic E-state index is -0.986. The second-order valence-electron chi connectivity index (χ2n) is 10.3. The van der Waals surface area contributed by atoms with Gasteiger partial charge in [-0.05, 0) is 43.0 Å². The van der Waals surface area contributed by atoms with E-state index in [9.17, 15) is 19.2 Å². The molecule has 206 valence electrons. The number of carbonyl (C=O) groups is 4. The van der Waals surface area contributed by atoms with Gasteiger partial charge in [-0.3, -0.25) is 19.3 Å². The van der Waals surface area contributed by atoms with Crippen molar-refractivity contribution in [1.82, 2.24) is 9.80 Å². The van der Waals surface area contributed by atoms with Gasteiger partial charge in [0.1, 0.15) is 11.8 Å². The fraction of sp³-hybridized carbons (Fsp3) is 0.448. The zero-order valence-electron chi connectivity index (χ0n) is 21.9. The molecule has 2 fully saturated rings. The van der Waals surface area contributed by atoms with Crippen LogP contribution in [0.4, 0.5) is 5.69 Å². The van der Waals surface area contributed by atoms with E-state index >= 15 is 0 Å². The van der Waals surface area contributed by atoms with E-state index in [1.54, 1.807) is 41.3 Å². The van der Waals surface area contributed by atoms with E-state index in [4.69, 9.17) is 15.3 Å². The van der Waals surface area contributed by atoms with Crippen molar-refractivity contribution in [3.8, 4) is 5.75 Å².